The average molecular weight is 383 g/mol. The van der Waals surface area contributed by atoms with E-state index in [2.05, 4.69) is 13.8 Å². The van der Waals surface area contributed by atoms with Crippen molar-refractivity contribution in [2.45, 2.75) is 109 Å². The van der Waals surface area contributed by atoms with Crippen LogP contribution >= 0.6 is 0 Å². The topological polar surface area (TPSA) is 54.4 Å². The van der Waals surface area contributed by atoms with Gasteiger partial charge in [0, 0.05) is 0 Å². The lowest BCUT2D eigenvalue weighted by Gasteiger charge is -2.13. The van der Waals surface area contributed by atoms with Crippen LogP contribution in [-0.4, -0.2) is 13.0 Å². The first-order chi connectivity index (χ1) is 12.5. The van der Waals surface area contributed by atoms with Crippen molar-refractivity contribution in [3.63, 3.8) is 0 Å². The van der Waals surface area contributed by atoms with Gasteiger partial charge in [-0.3, -0.25) is 4.55 Å². The van der Waals surface area contributed by atoms with Gasteiger partial charge in [0.05, 0.1) is 4.90 Å². The van der Waals surface area contributed by atoms with E-state index in [9.17, 15) is 13.0 Å². The molecule has 1 rings (SSSR count). The van der Waals surface area contributed by atoms with E-state index < -0.39 is 10.1 Å². The van der Waals surface area contributed by atoms with Gasteiger partial charge in [0.2, 0.25) is 0 Å². The van der Waals surface area contributed by atoms with Gasteiger partial charge in [-0.05, 0) is 42.9 Å². The second-order valence-electron chi connectivity index (χ2n) is 7.40. The minimum absolute atomic E-state index is 0.120. The Labute approximate surface area is 161 Å². The van der Waals surface area contributed by atoms with Crippen molar-refractivity contribution in [1.29, 1.82) is 0 Å². The molecule has 3 nitrogen and oxygen atoms in total. The van der Waals surface area contributed by atoms with E-state index in [1.807, 2.05) is 6.07 Å². The van der Waals surface area contributed by atoms with E-state index in [0.29, 0.717) is 0 Å². The molecule has 0 heterocycles. The highest BCUT2D eigenvalue weighted by Gasteiger charge is 2.17. The monoisotopic (exact) mass is 382 g/mol. The summed E-state index contributed by atoms with van der Waals surface area (Å²) in [7, 11) is -4.15. The first kappa shape index (κ1) is 23.2. The largest absolute Gasteiger partial charge is 0.294 e. The molecule has 0 atom stereocenters. The Morgan fingerprint density at radius 2 is 1.23 bits per heavy atom. The van der Waals surface area contributed by atoms with Crippen molar-refractivity contribution in [3.8, 4) is 0 Å². The zero-order valence-corrected chi connectivity index (χ0v) is 17.6. The third-order valence-corrected chi connectivity index (χ3v) is 6.03. The molecule has 26 heavy (non-hydrogen) atoms. The fourth-order valence-electron chi connectivity index (χ4n) is 3.55. The molecule has 0 saturated heterocycles. The Morgan fingerprint density at radius 1 is 0.731 bits per heavy atom. The van der Waals surface area contributed by atoms with Gasteiger partial charge in [0.15, 0.2) is 0 Å². The Kier molecular flexibility index (Phi) is 11.9. The summed E-state index contributed by atoms with van der Waals surface area (Å²) in [6, 6.07) is 5.35. The van der Waals surface area contributed by atoms with Gasteiger partial charge >= 0.3 is 0 Å². The van der Waals surface area contributed by atoms with Crippen LogP contribution in [0.1, 0.15) is 102 Å². The zero-order chi connectivity index (χ0) is 19.3. The van der Waals surface area contributed by atoms with E-state index >= 15 is 0 Å². The van der Waals surface area contributed by atoms with Crippen LogP contribution in [0.3, 0.4) is 0 Å². The molecule has 0 saturated carbocycles. The van der Waals surface area contributed by atoms with Gasteiger partial charge in [0.25, 0.3) is 10.1 Å². The van der Waals surface area contributed by atoms with Gasteiger partial charge in [-0.1, -0.05) is 90.2 Å². The number of aryl methyl sites for hydroxylation is 1. The Balaban J connectivity index is 2.66. The lowest BCUT2D eigenvalue weighted by molar-refractivity contribution is 0.481. The van der Waals surface area contributed by atoms with Crippen LogP contribution in [0.15, 0.2) is 23.1 Å². The molecule has 0 fully saturated rings. The first-order valence-corrected chi connectivity index (χ1v) is 12.0. The molecule has 0 aromatic heterocycles. The van der Waals surface area contributed by atoms with Crippen molar-refractivity contribution in [1.82, 2.24) is 0 Å². The van der Waals surface area contributed by atoms with Crippen LogP contribution in [0.2, 0.25) is 0 Å². The van der Waals surface area contributed by atoms with Crippen LogP contribution in [0, 0.1) is 0 Å². The minimum Gasteiger partial charge on any atom is -0.282 e. The van der Waals surface area contributed by atoms with E-state index in [4.69, 9.17) is 0 Å². The van der Waals surface area contributed by atoms with Crippen molar-refractivity contribution in [2.24, 2.45) is 0 Å². The predicted molar refractivity (Wildman–Crippen MR) is 110 cm³/mol. The molecule has 4 heteroatoms. The van der Waals surface area contributed by atoms with E-state index in [1.165, 1.54) is 57.8 Å². The lowest BCUT2D eigenvalue weighted by Crippen LogP contribution is -2.07. The molecule has 0 amide bonds. The average Bonchev–Trinajstić information content (AvgIpc) is 2.60. The summed E-state index contributed by atoms with van der Waals surface area (Å²) in [6.45, 7) is 4.42. The normalized spacial score (nSPS) is 11.8. The first-order valence-electron chi connectivity index (χ1n) is 10.6. The number of hydrogen-bond donors (Lipinski definition) is 1. The predicted octanol–water partition coefficient (Wildman–Crippen LogP) is 6.74. The molecular formula is C22H38O3S. The molecule has 0 aliphatic rings. The Morgan fingerprint density at radius 3 is 1.77 bits per heavy atom. The smallest absolute Gasteiger partial charge is 0.282 e. The SMILES string of the molecule is CCCCCCCCc1cccc(S(=O)(=O)O)c1CCCCCCCC. The molecule has 0 aliphatic heterocycles. The van der Waals surface area contributed by atoms with Crippen LogP contribution in [0.4, 0.5) is 0 Å². The van der Waals surface area contributed by atoms with Gasteiger partial charge in [0.1, 0.15) is 0 Å². The Bertz CT molecular complexity index is 593. The van der Waals surface area contributed by atoms with Gasteiger partial charge in [-0.2, -0.15) is 8.42 Å². The molecule has 0 aliphatic carbocycles. The van der Waals surface area contributed by atoms with E-state index in [0.717, 1.165) is 43.2 Å². The summed E-state index contributed by atoms with van der Waals surface area (Å²) in [5.41, 5.74) is 1.95. The standard InChI is InChI=1S/C22H38O3S/c1-3-5-7-9-11-13-16-20-17-15-19-22(26(23,24)25)21(20)18-14-12-10-8-6-4-2/h15,17,19H,3-14,16,18H2,1-2H3,(H,23,24,25). The quantitative estimate of drug-likeness (QED) is 0.270. The summed E-state index contributed by atoms with van der Waals surface area (Å²) in [5, 5.41) is 0. The summed E-state index contributed by atoms with van der Waals surface area (Å²) in [6.07, 6.45) is 16.1. The minimum atomic E-state index is -4.15. The van der Waals surface area contributed by atoms with E-state index in [1.54, 1.807) is 12.1 Å². The maximum Gasteiger partial charge on any atom is 0.294 e. The molecule has 1 aromatic rings. The summed E-state index contributed by atoms with van der Waals surface area (Å²) in [4.78, 5) is 0.120. The van der Waals surface area contributed by atoms with Crippen molar-refractivity contribution >= 4 is 10.1 Å². The van der Waals surface area contributed by atoms with Crippen LogP contribution in [0.5, 0.6) is 0 Å². The second kappa shape index (κ2) is 13.3. The lowest BCUT2D eigenvalue weighted by atomic mass is 9.96. The van der Waals surface area contributed by atoms with Crippen LogP contribution in [0.25, 0.3) is 0 Å². The number of hydrogen-bond acceptors (Lipinski definition) is 2. The van der Waals surface area contributed by atoms with Crippen LogP contribution < -0.4 is 0 Å². The highest BCUT2D eigenvalue weighted by Crippen LogP contribution is 2.24. The summed E-state index contributed by atoms with van der Waals surface area (Å²) < 4.78 is 33.2. The fraction of sp³-hybridized carbons (Fsp3) is 0.727. The number of rotatable bonds is 15. The molecular weight excluding hydrogens is 344 g/mol. The van der Waals surface area contributed by atoms with Crippen molar-refractivity contribution in [2.75, 3.05) is 0 Å². The van der Waals surface area contributed by atoms with Gasteiger partial charge in [-0.25, -0.2) is 0 Å². The number of benzene rings is 1. The van der Waals surface area contributed by atoms with Gasteiger partial charge < -0.3 is 0 Å². The van der Waals surface area contributed by atoms with Crippen molar-refractivity contribution < 1.29 is 13.0 Å². The zero-order valence-electron chi connectivity index (χ0n) is 16.8. The maximum absolute atomic E-state index is 11.8. The molecule has 1 N–H and O–H groups in total. The molecule has 1 aromatic carbocycles. The molecule has 0 spiro atoms. The van der Waals surface area contributed by atoms with Crippen molar-refractivity contribution in [3.05, 3.63) is 29.3 Å². The highest BCUT2D eigenvalue weighted by atomic mass is 32.2. The van der Waals surface area contributed by atoms with Crippen LogP contribution in [-0.2, 0) is 23.0 Å². The molecule has 0 bridgehead atoms. The Hall–Kier alpha value is -0.870. The molecule has 0 radical (unpaired) electrons. The third kappa shape index (κ3) is 9.18. The van der Waals surface area contributed by atoms with E-state index in [-0.39, 0.29) is 4.90 Å². The molecule has 0 unspecified atom stereocenters. The maximum atomic E-state index is 11.8. The summed E-state index contributed by atoms with van der Waals surface area (Å²) in [5.74, 6) is 0. The molecule has 150 valence electrons. The third-order valence-electron chi connectivity index (χ3n) is 5.09. The second-order valence-corrected chi connectivity index (χ2v) is 8.79. The highest BCUT2D eigenvalue weighted by molar-refractivity contribution is 7.85. The van der Waals surface area contributed by atoms with Gasteiger partial charge in [-0.15, -0.1) is 0 Å². The fourth-order valence-corrected chi connectivity index (χ4v) is 4.34. The number of unbranched alkanes of at least 4 members (excludes halogenated alkanes) is 10. The summed E-state index contributed by atoms with van der Waals surface area (Å²) >= 11 is 0.